The van der Waals surface area contributed by atoms with E-state index in [4.69, 9.17) is 10.5 Å². The van der Waals surface area contributed by atoms with Crippen molar-refractivity contribution in [1.82, 2.24) is 5.32 Å². The van der Waals surface area contributed by atoms with Crippen molar-refractivity contribution < 1.29 is 9.53 Å². The van der Waals surface area contributed by atoms with Crippen LogP contribution in [0.25, 0.3) is 0 Å². The largest absolute Gasteiger partial charge is 0.494 e. The number of anilines is 1. The van der Waals surface area contributed by atoms with Gasteiger partial charge in [-0.15, -0.1) is 0 Å². The van der Waals surface area contributed by atoms with Gasteiger partial charge in [-0.3, -0.25) is 0 Å². The molecule has 0 saturated heterocycles. The standard InChI is InChI=1S/C12H19N3O2/c1-2-9-17-11-5-3-10(4-6-11)15-12(16)14-8-7-13/h3-6H,2,7-9,13H2,1H3,(H2,14,15,16). The van der Waals surface area contributed by atoms with Crippen LogP contribution in [0.4, 0.5) is 10.5 Å². The lowest BCUT2D eigenvalue weighted by Crippen LogP contribution is -2.32. The van der Waals surface area contributed by atoms with Crippen LogP contribution in [0.1, 0.15) is 13.3 Å². The van der Waals surface area contributed by atoms with Crippen LogP contribution in [-0.2, 0) is 0 Å². The highest BCUT2D eigenvalue weighted by atomic mass is 16.5. The Kier molecular flexibility index (Phi) is 5.88. The number of benzene rings is 1. The van der Waals surface area contributed by atoms with Gasteiger partial charge in [0.2, 0.25) is 0 Å². The van der Waals surface area contributed by atoms with Crippen molar-refractivity contribution >= 4 is 11.7 Å². The van der Waals surface area contributed by atoms with Crippen molar-refractivity contribution in [2.45, 2.75) is 13.3 Å². The fraction of sp³-hybridized carbons (Fsp3) is 0.417. The van der Waals surface area contributed by atoms with Crippen LogP contribution in [0, 0.1) is 0 Å². The van der Waals surface area contributed by atoms with Crippen LogP contribution in [0.5, 0.6) is 5.75 Å². The number of carbonyl (C=O) groups excluding carboxylic acids is 1. The lowest BCUT2D eigenvalue weighted by molar-refractivity contribution is 0.252. The minimum atomic E-state index is -0.252. The molecule has 1 rings (SSSR count). The molecule has 0 heterocycles. The van der Waals surface area contributed by atoms with Crippen LogP contribution < -0.4 is 21.1 Å². The molecule has 17 heavy (non-hydrogen) atoms. The molecule has 0 aliphatic carbocycles. The van der Waals surface area contributed by atoms with Crippen molar-refractivity contribution in [3.05, 3.63) is 24.3 Å². The monoisotopic (exact) mass is 237 g/mol. The molecule has 4 N–H and O–H groups in total. The number of hydrogen-bond donors (Lipinski definition) is 3. The fourth-order valence-electron chi connectivity index (χ4n) is 1.22. The highest BCUT2D eigenvalue weighted by Crippen LogP contribution is 2.15. The Hall–Kier alpha value is -1.75. The maximum Gasteiger partial charge on any atom is 0.319 e. The summed E-state index contributed by atoms with van der Waals surface area (Å²) in [5, 5.41) is 5.32. The first-order valence-corrected chi connectivity index (χ1v) is 5.74. The molecule has 0 unspecified atom stereocenters. The molecular weight excluding hydrogens is 218 g/mol. The van der Waals surface area contributed by atoms with Crippen molar-refractivity contribution in [3.63, 3.8) is 0 Å². The zero-order chi connectivity index (χ0) is 12.5. The van der Waals surface area contributed by atoms with Gasteiger partial charge in [-0.25, -0.2) is 4.79 Å². The van der Waals surface area contributed by atoms with Crippen LogP contribution >= 0.6 is 0 Å². The highest BCUT2D eigenvalue weighted by molar-refractivity contribution is 5.89. The molecule has 5 nitrogen and oxygen atoms in total. The van der Waals surface area contributed by atoms with Crippen LogP contribution in [0.15, 0.2) is 24.3 Å². The van der Waals surface area contributed by atoms with E-state index in [2.05, 4.69) is 17.6 Å². The van der Waals surface area contributed by atoms with Crippen LogP contribution in [0.2, 0.25) is 0 Å². The molecule has 0 bridgehead atoms. The Morgan fingerprint density at radius 3 is 2.65 bits per heavy atom. The van der Waals surface area contributed by atoms with E-state index in [0.717, 1.165) is 17.9 Å². The maximum absolute atomic E-state index is 11.3. The first kappa shape index (κ1) is 13.3. The van der Waals surface area contributed by atoms with Crippen molar-refractivity contribution in [3.8, 4) is 5.75 Å². The van der Waals surface area contributed by atoms with Crippen LogP contribution in [0.3, 0.4) is 0 Å². The molecule has 0 spiro atoms. The van der Waals surface area contributed by atoms with Crippen molar-refractivity contribution in [2.24, 2.45) is 5.73 Å². The van der Waals surface area contributed by atoms with Gasteiger partial charge < -0.3 is 21.1 Å². The SMILES string of the molecule is CCCOc1ccc(NC(=O)NCCN)cc1. The minimum Gasteiger partial charge on any atom is -0.494 e. The molecule has 0 aliphatic heterocycles. The van der Waals surface area contributed by atoms with E-state index in [1.165, 1.54) is 0 Å². The predicted octanol–water partition coefficient (Wildman–Crippen LogP) is 1.56. The second-order valence-electron chi connectivity index (χ2n) is 3.54. The van der Waals surface area contributed by atoms with E-state index >= 15 is 0 Å². The number of nitrogens with one attached hydrogen (secondary N) is 2. The van der Waals surface area contributed by atoms with Gasteiger partial charge in [-0.2, -0.15) is 0 Å². The van der Waals surface area contributed by atoms with E-state index in [0.29, 0.717) is 19.7 Å². The first-order chi connectivity index (χ1) is 8.26. The summed E-state index contributed by atoms with van der Waals surface area (Å²) < 4.78 is 5.44. The minimum absolute atomic E-state index is 0.252. The third-order valence-corrected chi connectivity index (χ3v) is 2.01. The normalized spacial score (nSPS) is 9.76. The number of amides is 2. The summed E-state index contributed by atoms with van der Waals surface area (Å²) in [6, 6.07) is 7.00. The lowest BCUT2D eigenvalue weighted by atomic mass is 10.3. The average Bonchev–Trinajstić information content (AvgIpc) is 2.35. The zero-order valence-corrected chi connectivity index (χ0v) is 10.0. The number of rotatable bonds is 6. The van der Waals surface area contributed by atoms with Gasteiger partial charge in [0.05, 0.1) is 6.61 Å². The summed E-state index contributed by atoms with van der Waals surface area (Å²) in [6.07, 6.45) is 0.974. The number of ether oxygens (including phenoxy) is 1. The molecule has 0 saturated carbocycles. The lowest BCUT2D eigenvalue weighted by Gasteiger charge is -2.08. The smallest absolute Gasteiger partial charge is 0.319 e. The molecular formula is C12H19N3O2. The van der Waals surface area contributed by atoms with E-state index in [-0.39, 0.29) is 6.03 Å². The quantitative estimate of drug-likeness (QED) is 0.702. The summed E-state index contributed by atoms with van der Waals surface area (Å²) in [5.41, 5.74) is 6.00. The van der Waals surface area contributed by atoms with E-state index in [9.17, 15) is 4.79 Å². The highest BCUT2D eigenvalue weighted by Gasteiger charge is 2.00. The molecule has 1 aromatic rings. The number of nitrogens with two attached hydrogens (primary N) is 1. The van der Waals surface area contributed by atoms with Crippen LogP contribution in [-0.4, -0.2) is 25.7 Å². The molecule has 0 radical (unpaired) electrons. The van der Waals surface area contributed by atoms with Gasteiger partial charge in [-0.1, -0.05) is 6.92 Å². The molecule has 2 amide bonds. The van der Waals surface area contributed by atoms with Gasteiger partial charge in [0, 0.05) is 18.8 Å². The topological polar surface area (TPSA) is 76.4 Å². The maximum atomic E-state index is 11.3. The summed E-state index contributed by atoms with van der Waals surface area (Å²) in [4.78, 5) is 11.3. The second-order valence-corrected chi connectivity index (χ2v) is 3.54. The Balaban J connectivity index is 2.42. The predicted molar refractivity (Wildman–Crippen MR) is 68.3 cm³/mol. The summed E-state index contributed by atoms with van der Waals surface area (Å²) in [7, 11) is 0. The summed E-state index contributed by atoms with van der Waals surface area (Å²) in [5.74, 6) is 0.805. The van der Waals surface area contributed by atoms with Crippen molar-refractivity contribution in [2.75, 3.05) is 25.0 Å². The van der Waals surface area contributed by atoms with Gasteiger partial charge in [-0.05, 0) is 30.7 Å². The molecule has 5 heteroatoms. The van der Waals surface area contributed by atoms with Crippen molar-refractivity contribution in [1.29, 1.82) is 0 Å². The molecule has 0 fully saturated rings. The average molecular weight is 237 g/mol. The third kappa shape index (κ3) is 5.21. The van der Waals surface area contributed by atoms with E-state index < -0.39 is 0 Å². The van der Waals surface area contributed by atoms with Gasteiger partial charge in [0.15, 0.2) is 0 Å². The molecule has 94 valence electrons. The first-order valence-electron chi connectivity index (χ1n) is 5.74. The molecule has 0 aliphatic rings. The Bertz CT molecular complexity index is 338. The van der Waals surface area contributed by atoms with Gasteiger partial charge in [0.1, 0.15) is 5.75 Å². The molecule has 1 aromatic carbocycles. The second kappa shape index (κ2) is 7.51. The molecule has 0 aromatic heterocycles. The zero-order valence-electron chi connectivity index (χ0n) is 10.0. The summed E-state index contributed by atoms with van der Waals surface area (Å²) >= 11 is 0. The van der Waals surface area contributed by atoms with Gasteiger partial charge in [0.25, 0.3) is 0 Å². The number of hydrogen-bond acceptors (Lipinski definition) is 3. The Labute approximate surface area is 101 Å². The third-order valence-electron chi connectivity index (χ3n) is 2.01. The number of carbonyl (C=O) groups is 1. The number of urea groups is 1. The summed E-state index contributed by atoms with van der Waals surface area (Å²) in [6.45, 7) is 3.64. The van der Waals surface area contributed by atoms with Gasteiger partial charge >= 0.3 is 6.03 Å². The molecule has 0 atom stereocenters. The van der Waals surface area contributed by atoms with E-state index in [1.54, 1.807) is 12.1 Å². The Morgan fingerprint density at radius 2 is 2.06 bits per heavy atom. The Morgan fingerprint density at radius 1 is 1.35 bits per heavy atom. The fourth-order valence-corrected chi connectivity index (χ4v) is 1.22. The van der Waals surface area contributed by atoms with E-state index in [1.807, 2.05) is 12.1 Å².